The molecule has 0 radical (unpaired) electrons. The topological polar surface area (TPSA) is 55.4 Å². The molecule has 6 nitrogen and oxygen atoms in total. The van der Waals surface area contributed by atoms with Gasteiger partial charge in [0.25, 0.3) is 0 Å². The Morgan fingerprint density at radius 1 is 0.287 bits per heavy atom. The number of rotatable bonds is 18. The number of hydrogen-bond donors (Lipinski definition) is 0. The van der Waals surface area contributed by atoms with Crippen molar-refractivity contribution >= 4 is 206 Å². The Bertz CT molecular complexity index is 5920. The Labute approximate surface area is 754 Å². The Morgan fingerprint density at radius 2 is 0.598 bits per heavy atom. The summed E-state index contributed by atoms with van der Waals surface area (Å²) in [6.45, 7) is 6.32. The summed E-state index contributed by atoms with van der Waals surface area (Å²) in [5.41, 5.74) is 4.63. The van der Waals surface area contributed by atoms with E-state index in [4.69, 9.17) is 106 Å². The minimum absolute atomic E-state index is 0.351. The van der Waals surface area contributed by atoms with Crippen molar-refractivity contribution in [2.75, 3.05) is 0 Å². The molecule has 0 N–H and O–H groups in total. The number of fused-ring (bicyclic) bond motifs is 6. The number of aryl methyl sites for hydroxylation is 1. The first-order valence-corrected chi connectivity index (χ1v) is 53.6. The second kappa shape index (κ2) is 48.5. The summed E-state index contributed by atoms with van der Waals surface area (Å²) < 4.78 is 62.0. The molecule has 0 spiro atoms. The molecule has 122 heavy (non-hydrogen) atoms. The van der Waals surface area contributed by atoms with Crippen LogP contribution in [-0.4, -0.2) is 0 Å². The molecule has 0 aliphatic carbocycles. The molecule has 0 amide bonds. The molecular weight excluding hydrogens is 1800 g/mol. The molecule has 0 saturated carbocycles. The van der Waals surface area contributed by atoms with Gasteiger partial charge < -0.3 is 27.1 Å². The third-order valence-electron chi connectivity index (χ3n) is 18.2. The molecule has 1 heterocycles. The quantitative estimate of drug-likeness (QED) is 0.0798. The Balaban J connectivity index is 0.000000131. The van der Waals surface area contributed by atoms with E-state index in [1.165, 1.54) is 33.9 Å². The van der Waals surface area contributed by atoms with E-state index in [9.17, 15) is 8.78 Å². The minimum Gasteiger partial charge on any atom is -0.453 e. The monoisotopic (exact) mass is 1880 g/mol. The fourth-order valence-electron chi connectivity index (χ4n) is 12.1. The zero-order valence-electron chi connectivity index (χ0n) is 66.0. The van der Waals surface area contributed by atoms with Gasteiger partial charge in [0, 0.05) is 53.5 Å². The van der Waals surface area contributed by atoms with Crippen LogP contribution in [0.3, 0.4) is 0 Å². The van der Waals surface area contributed by atoms with Crippen molar-refractivity contribution in [3.05, 3.63) is 447 Å². The molecule has 0 bridgehead atoms. The van der Waals surface area contributed by atoms with Crippen LogP contribution in [0.2, 0.25) is 0 Å². The molecule has 17 aromatic rings. The van der Waals surface area contributed by atoms with Crippen LogP contribution in [0, 0.1) is 18.6 Å². The van der Waals surface area contributed by atoms with Crippen LogP contribution >= 0.6 is 131 Å². The molecule has 18 rings (SSSR count). The fourth-order valence-corrected chi connectivity index (χ4v) is 23.1. The lowest BCUT2D eigenvalue weighted by Crippen LogP contribution is -2.14. The van der Waals surface area contributed by atoms with Gasteiger partial charge in [0.2, 0.25) is 30.0 Å². The van der Waals surface area contributed by atoms with Crippen molar-refractivity contribution < 1.29 is 35.9 Å². The van der Waals surface area contributed by atoms with Gasteiger partial charge in [-0.25, -0.2) is 8.78 Å². The molecule has 0 saturated heterocycles. The first-order valence-electron chi connectivity index (χ1n) is 38.3. The third-order valence-corrected chi connectivity index (χ3v) is 32.1. The Kier molecular flexibility index (Phi) is 36.7. The third kappa shape index (κ3) is 26.9. The molecule has 17 aromatic carbocycles. The van der Waals surface area contributed by atoms with Crippen LogP contribution in [-0.2, 0) is 0 Å². The minimum atomic E-state index is -1.61. The second-order valence-corrected chi connectivity index (χ2v) is 42.0. The van der Waals surface area contributed by atoms with Crippen LogP contribution < -0.4 is 69.6 Å². The summed E-state index contributed by atoms with van der Waals surface area (Å²) in [6.07, 6.45) is 0. The van der Waals surface area contributed by atoms with Crippen molar-refractivity contribution in [1.82, 2.24) is 0 Å². The molecule has 614 valence electrons. The smallest absolute Gasteiger partial charge is 0.401 e. The maximum atomic E-state index is 13.5. The van der Waals surface area contributed by atoms with Gasteiger partial charge in [-0.05, 0) is 167 Å². The zero-order valence-corrected chi connectivity index (χ0v) is 77.5. The van der Waals surface area contributed by atoms with Crippen molar-refractivity contribution in [2.45, 2.75) is 26.7 Å². The molecular formula is C100H80Cl7F2O6P7. The number of para-hydroxylation sites is 3. The van der Waals surface area contributed by atoms with Crippen molar-refractivity contribution in [1.29, 1.82) is 0 Å². The van der Waals surface area contributed by atoms with E-state index in [0.29, 0.717) is 16.5 Å². The van der Waals surface area contributed by atoms with Crippen molar-refractivity contribution in [2.24, 2.45) is 0 Å². The van der Waals surface area contributed by atoms with E-state index in [2.05, 4.69) is 74.5 Å². The summed E-state index contributed by atoms with van der Waals surface area (Å²) in [5.74, 6) is 4.56. The van der Waals surface area contributed by atoms with Gasteiger partial charge in [-0.15, -0.1) is 0 Å². The second-order valence-electron chi connectivity index (χ2n) is 26.8. The molecule has 4 unspecified atom stereocenters. The molecule has 0 fully saturated rings. The highest BCUT2D eigenvalue weighted by Gasteiger charge is 2.25. The molecule has 4 atom stereocenters. The normalized spacial score (nSPS) is 12.3. The summed E-state index contributed by atoms with van der Waals surface area (Å²) >= 11 is 44.1. The van der Waals surface area contributed by atoms with Gasteiger partial charge in [0.15, 0.2) is 0 Å². The first kappa shape index (κ1) is 92.4. The predicted octanol–water partition coefficient (Wildman–Crippen LogP) is 32.1. The number of halogens is 9. The van der Waals surface area contributed by atoms with E-state index in [0.717, 1.165) is 99.2 Å². The lowest BCUT2D eigenvalue weighted by atomic mass is 10.0. The molecule has 22 heteroatoms. The van der Waals surface area contributed by atoms with Crippen molar-refractivity contribution in [3.8, 4) is 45.6 Å². The van der Waals surface area contributed by atoms with Crippen molar-refractivity contribution in [3.63, 3.8) is 0 Å². The van der Waals surface area contributed by atoms with E-state index in [1.54, 1.807) is 36.4 Å². The van der Waals surface area contributed by atoms with Crippen LogP contribution in [0.1, 0.15) is 30.9 Å². The van der Waals surface area contributed by atoms with E-state index in [1.807, 2.05) is 322 Å². The van der Waals surface area contributed by atoms with Gasteiger partial charge in [-0.1, -0.05) is 406 Å². The molecule has 1 aliphatic heterocycles. The van der Waals surface area contributed by atoms with Gasteiger partial charge >= 0.3 is 7.73 Å². The van der Waals surface area contributed by atoms with Gasteiger partial charge in [-0.3, -0.25) is 0 Å². The lowest BCUT2D eigenvalue weighted by Gasteiger charge is -2.23. The van der Waals surface area contributed by atoms with Gasteiger partial charge in [0.1, 0.15) is 46.1 Å². The van der Waals surface area contributed by atoms with E-state index < -0.39 is 63.9 Å². The maximum absolute atomic E-state index is 13.5. The van der Waals surface area contributed by atoms with Crippen LogP contribution in [0.25, 0.3) is 43.4 Å². The molecule has 0 aromatic heterocycles. The lowest BCUT2D eigenvalue weighted by molar-refractivity contribution is 0.514. The van der Waals surface area contributed by atoms with E-state index in [-0.39, 0.29) is 0 Å². The summed E-state index contributed by atoms with van der Waals surface area (Å²) in [6, 6.07) is 137. The Hall–Kier alpha value is -8.78. The maximum Gasteiger partial charge on any atom is 0.401 e. The van der Waals surface area contributed by atoms with Gasteiger partial charge in [0.05, 0.1) is 14.5 Å². The first-order chi connectivity index (χ1) is 59.5. The zero-order chi connectivity index (χ0) is 85.4. The number of hydrogen-bond acceptors (Lipinski definition) is 6. The SMILES string of the molecule is CC(C)c1ccccc1OP(Cl)c1ccccc1.Cc1ccccc1OP(Cl)c1ccccc1.ClP(Oc1cccc2ccccc12)Oc1cccc2ccccc12.ClP(Oc1cccc2ccccc12)c1ccccc1.ClP(c1ccccc1)c1ccccc1.ClP1Oc2ccccc2-c2ccccc21.Fc1ccccc1P(Cl)c1ccccc1F. The Morgan fingerprint density at radius 3 is 1.03 bits per heavy atom. The summed E-state index contributed by atoms with van der Waals surface area (Å²) in [5, 5.41) is 13.8. The molecule has 1 aliphatic rings. The largest absolute Gasteiger partial charge is 0.453 e. The highest BCUT2D eigenvalue weighted by Crippen LogP contribution is 2.53. The van der Waals surface area contributed by atoms with E-state index >= 15 is 0 Å². The number of benzene rings is 17. The fraction of sp³-hybridized carbons (Fsp3) is 0.0400. The highest BCUT2D eigenvalue weighted by molar-refractivity contribution is 7.96. The summed E-state index contributed by atoms with van der Waals surface area (Å²) in [4.78, 5) is 0. The van der Waals surface area contributed by atoms with Gasteiger partial charge in [-0.2, -0.15) is 0 Å². The average molecular weight is 1880 g/mol. The summed E-state index contributed by atoms with van der Waals surface area (Å²) in [7, 11) is -8.19. The predicted molar refractivity (Wildman–Crippen MR) is 531 cm³/mol. The highest BCUT2D eigenvalue weighted by atomic mass is 35.7. The average Bonchev–Trinajstić information content (AvgIpc) is 0.780. The van der Waals surface area contributed by atoms with Crippen LogP contribution in [0.5, 0.6) is 34.5 Å². The van der Waals surface area contributed by atoms with Crippen LogP contribution in [0.15, 0.2) is 425 Å². The standard InChI is InChI=1S/C20H14ClO2P.C16H12ClOP.C15H16ClOP.C13H12ClOP.C12H8ClF2P.C12H8ClOP.C12H10ClP/c21-24(22-19-13-5-9-15-7-1-3-11-17(15)19)23-20-14-6-10-16-8-2-4-12-18(16)20;17-19(14-9-2-1-3-10-14)18-16-12-6-8-13-7-4-5-11-15(13)16;1-12(2)14-10-6-7-11-15(14)17-18(16)13-8-4-3-5-9-13;1-11-7-5-6-10-13(11)15-16(14)12-8-3-2-4-9-12;13-16(11-7-3-1-5-9(11)14)12-8-4-2-6-10(12)15;13-15-12-8-4-2-6-10(12)9-5-1-3-7-11(9)14-15;13-14(11-7-3-1-4-8-11)12-9-5-2-6-10-12/h1-14H;1-12H;3-12H,1-2H3;2-10H,1H3;1-8H;1-8H;1-10H. The van der Waals surface area contributed by atoms with Crippen LogP contribution in [0.4, 0.5) is 8.78 Å².